The van der Waals surface area contributed by atoms with Crippen molar-refractivity contribution in [2.75, 3.05) is 25.4 Å². The Bertz CT molecular complexity index is 911. The first-order chi connectivity index (χ1) is 14.0. The van der Waals surface area contributed by atoms with Crippen LogP contribution in [0.15, 0.2) is 48.5 Å². The third-order valence-electron chi connectivity index (χ3n) is 5.72. The van der Waals surface area contributed by atoms with Crippen LogP contribution in [-0.2, 0) is 4.79 Å². The van der Waals surface area contributed by atoms with Gasteiger partial charge in [-0.1, -0.05) is 35.9 Å². The lowest BCUT2D eigenvalue weighted by Gasteiger charge is -2.35. The minimum Gasteiger partial charge on any atom is -0.339 e. The number of aryl methyl sites for hydroxylation is 1. The van der Waals surface area contributed by atoms with Crippen LogP contribution < -0.4 is 0 Å². The Hall–Kier alpha value is -2.34. The monoisotopic (exact) mass is 412 g/mol. The van der Waals surface area contributed by atoms with Gasteiger partial charge in [-0.25, -0.2) is 4.39 Å². The third-order valence-corrected chi connectivity index (χ3v) is 6.98. The molecule has 0 saturated carbocycles. The van der Waals surface area contributed by atoms with Crippen molar-refractivity contribution < 1.29 is 14.0 Å². The van der Waals surface area contributed by atoms with Crippen LogP contribution in [-0.4, -0.2) is 47.0 Å². The van der Waals surface area contributed by atoms with Gasteiger partial charge in [0.15, 0.2) is 0 Å². The van der Waals surface area contributed by atoms with Crippen molar-refractivity contribution >= 4 is 23.6 Å². The van der Waals surface area contributed by atoms with E-state index in [1.54, 1.807) is 28.8 Å². The molecule has 2 aliphatic heterocycles. The van der Waals surface area contributed by atoms with Crippen molar-refractivity contribution in [3.05, 3.63) is 71.0 Å². The number of hydrogen-bond acceptors (Lipinski definition) is 3. The van der Waals surface area contributed by atoms with E-state index in [0.717, 1.165) is 19.4 Å². The van der Waals surface area contributed by atoms with E-state index < -0.39 is 5.82 Å². The van der Waals surface area contributed by atoms with E-state index in [4.69, 9.17) is 0 Å². The minimum absolute atomic E-state index is 0.0781. The lowest BCUT2D eigenvalue weighted by Crippen LogP contribution is -2.42. The van der Waals surface area contributed by atoms with Gasteiger partial charge in [0, 0.05) is 25.2 Å². The van der Waals surface area contributed by atoms with Crippen LogP contribution in [0.4, 0.5) is 4.39 Å². The first-order valence-corrected chi connectivity index (χ1v) is 11.1. The zero-order valence-corrected chi connectivity index (χ0v) is 17.3. The van der Waals surface area contributed by atoms with Gasteiger partial charge in [-0.15, -0.1) is 11.8 Å². The Labute approximate surface area is 175 Å². The summed E-state index contributed by atoms with van der Waals surface area (Å²) in [7, 11) is 0. The molecular formula is C23H25FN2O2S. The second-order valence-electron chi connectivity index (χ2n) is 7.87. The SMILES string of the molecule is Cc1cccc([C@H]2SCC(=O)N2CC2CCN(C(=O)c3cccc(F)c3)CC2)c1. The van der Waals surface area contributed by atoms with E-state index in [9.17, 15) is 14.0 Å². The lowest BCUT2D eigenvalue weighted by molar-refractivity contribution is -0.128. The number of nitrogens with zero attached hydrogens (tertiary/aromatic N) is 2. The highest BCUT2D eigenvalue weighted by molar-refractivity contribution is 8.00. The van der Waals surface area contributed by atoms with Gasteiger partial charge in [0.25, 0.3) is 5.91 Å². The summed E-state index contributed by atoms with van der Waals surface area (Å²) < 4.78 is 13.4. The molecule has 1 atom stereocenters. The quantitative estimate of drug-likeness (QED) is 0.753. The van der Waals surface area contributed by atoms with Crippen LogP contribution in [0.3, 0.4) is 0 Å². The summed E-state index contributed by atoms with van der Waals surface area (Å²) in [5.74, 6) is 0.586. The van der Waals surface area contributed by atoms with Crippen molar-refractivity contribution in [1.29, 1.82) is 0 Å². The van der Waals surface area contributed by atoms with Crippen molar-refractivity contribution in [3.63, 3.8) is 0 Å². The first kappa shape index (κ1) is 20.0. The molecule has 0 unspecified atom stereocenters. The van der Waals surface area contributed by atoms with Crippen LogP contribution in [0.25, 0.3) is 0 Å². The predicted octanol–water partition coefficient (Wildman–Crippen LogP) is 4.26. The number of piperidine rings is 1. The van der Waals surface area contributed by atoms with Crippen molar-refractivity contribution in [2.24, 2.45) is 5.92 Å². The molecule has 29 heavy (non-hydrogen) atoms. The second-order valence-corrected chi connectivity index (χ2v) is 8.94. The Morgan fingerprint density at radius 1 is 1.14 bits per heavy atom. The molecule has 2 fully saturated rings. The number of carbonyl (C=O) groups excluding carboxylic acids is 2. The Kier molecular flexibility index (Phi) is 5.90. The highest BCUT2D eigenvalue weighted by Gasteiger charge is 2.35. The topological polar surface area (TPSA) is 40.6 Å². The Morgan fingerprint density at radius 2 is 1.90 bits per heavy atom. The molecule has 2 saturated heterocycles. The van der Waals surface area contributed by atoms with Crippen LogP contribution >= 0.6 is 11.8 Å². The van der Waals surface area contributed by atoms with Crippen molar-refractivity contribution in [3.8, 4) is 0 Å². The summed E-state index contributed by atoms with van der Waals surface area (Å²) in [6.07, 6.45) is 1.71. The van der Waals surface area contributed by atoms with E-state index in [0.29, 0.717) is 30.3 Å². The smallest absolute Gasteiger partial charge is 0.253 e. The van der Waals surface area contributed by atoms with E-state index in [1.807, 2.05) is 11.0 Å². The summed E-state index contributed by atoms with van der Waals surface area (Å²) in [5.41, 5.74) is 2.78. The first-order valence-electron chi connectivity index (χ1n) is 10.0. The maximum absolute atomic E-state index is 13.4. The fraction of sp³-hybridized carbons (Fsp3) is 0.391. The number of likely N-dealkylation sites (tertiary alicyclic amines) is 1. The standard InChI is InChI=1S/C23H25FN2O2S/c1-16-4-2-6-19(12-16)23-26(21(27)15-29-23)14-17-8-10-25(11-9-17)22(28)18-5-3-7-20(24)13-18/h2-7,12-13,17,23H,8-11,14-15H2,1H3/t23-/m1/s1. The largest absolute Gasteiger partial charge is 0.339 e. The molecule has 0 bridgehead atoms. The van der Waals surface area contributed by atoms with Gasteiger partial charge in [0.05, 0.1) is 5.75 Å². The summed E-state index contributed by atoms with van der Waals surface area (Å²) >= 11 is 1.69. The second kappa shape index (κ2) is 8.57. The zero-order valence-electron chi connectivity index (χ0n) is 16.5. The van der Waals surface area contributed by atoms with Gasteiger partial charge < -0.3 is 9.80 Å². The Morgan fingerprint density at radius 3 is 2.62 bits per heavy atom. The summed E-state index contributed by atoms with van der Waals surface area (Å²) in [6.45, 7) is 4.08. The zero-order chi connectivity index (χ0) is 20.4. The van der Waals surface area contributed by atoms with E-state index in [1.165, 1.54) is 23.3 Å². The molecule has 2 amide bonds. The molecule has 2 aromatic carbocycles. The van der Waals surface area contributed by atoms with Gasteiger partial charge in [0.2, 0.25) is 5.91 Å². The maximum Gasteiger partial charge on any atom is 0.253 e. The normalized spacial score (nSPS) is 20.3. The highest BCUT2D eigenvalue weighted by atomic mass is 32.2. The predicted molar refractivity (Wildman–Crippen MR) is 113 cm³/mol. The number of hydrogen-bond donors (Lipinski definition) is 0. The van der Waals surface area contributed by atoms with Crippen molar-refractivity contribution in [2.45, 2.75) is 25.1 Å². The van der Waals surface area contributed by atoms with Gasteiger partial charge in [-0.3, -0.25) is 9.59 Å². The molecule has 6 heteroatoms. The molecule has 152 valence electrons. The van der Waals surface area contributed by atoms with Crippen LogP contribution in [0.1, 0.15) is 39.7 Å². The third kappa shape index (κ3) is 4.47. The molecule has 0 radical (unpaired) electrons. The van der Waals surface area contributed by atoms with Crippen LogP contribution in [0.5, 0.6) is 0 Å². The van der Waals surface area contributed by atoms with Gasteiger partial charge >= 0.3 is 0 Å². The molecule has 0 spiro atoms. The summed E-state index contributed by atoms with van der Waals surface area (Å²) in [6, 6.07) is 14.2. The molecular weight excluding hydrogens is 387 g/mol. The minimum atomic E-state index is -0.391. The molecule has 2 aromatic rings. The number of thioether (sulfide) groups is 1. The molecule has 4 nitrogen and oxygen atoms in total. The van der Waals surface area contributed by atoms with Crippen LogP contribution in [0, 0.1) is 18.7 Å². The lowest BCUT2D eigenvalue weighted by atomic mass is 9.95. The maximum atomic E-state index is 13.4. The fourth-order valence-corrected chi connectivity index (χ4v) is 5.34. The highest BCUT2D eigenvalue weighted by Crippen LogP contribution is 2.40. The summed E-state index contributed by atoms with van der Waals surface area (Å²) in [5, 5.41) is 0.0781. The van der Waals surface area contributed by atoms with E-state index >= 15 is 0 Å². The van der Waals surface area contributed by atoms with Gasteiger partial charge in [-0.05, 0) is 49.4 Å². The number of carbonyl (C=O) groups is 2. The molecule has 0 aliphatic carbocycles. The molecule has 2 heterocycles. The van der Waals surface area contributed by atoms with Crippen LogP contribution in [0.2, 0.25) is 0 Å². The van der Waals surface area contributed by atoms with E-state index in [-0.39, 0.29) is 17.2 Å². The average molecular weight is 413 g/mol. The molecule has 4 rings (SSSR count). The molecule has 0 N–H and O–H groups in total. The Balaban J connectivity index is 1.37. The fourth-order valence-electron chi connectivity index (χ4n) is 4.15. The summed E-state index contributed by atoms with van der Waals surface area (Å²) in [4.78, 5) is 28.9. The molecule has 2 aliphatic rings. The number of halogens is 1. The number of amides is 2. The average Bonchev–Trinajstić information content (AvgIpc) is 3.08. The number of rotatable bonds is 4. The molecule has 0 aromatic heterocycles. The van der Waals surface area contributed by atoms with Gasteiger partial charge in [-0.2, -0.15) is 0 Å². The van der Waals surface area contributed by atoms with E-state index in [2.05, 4.69) is 25.1 Å². The van der Waals surface area contributed by atoms with Crippen molar-refractivity contribution in [1.82, 2.24) is 9.80 Å². The number of benzene rings is 2. The van der Waals surface area contributed by atoms with Gasteiger partial charge in [0.1, 0.15) is 11.2 Å².